The van der Waals surface area contributed by atoms with Gasteiger partial charge in [-0.15, -0.1) is 0 Å². The molecule has 0 fully saturated rings. The monoisotopic (exact) mass is 321 g/mol. The van der Waals surface area contributed by atoms with Gasteiger partial charge >= 0.3 is 0 Å². The van der Waals surface area contributed by atoms with Crippen molar-refractivity contribution in [1.82, 2.24) is 9.97 Å². The Labute approximate surface area is 121 Å². The Kier molecular flexibility index (Phi) is 4.37. The van der Waals surface area contributed by atoms with E-state index in [0.717, 1.165) is 28.6 Å². The van der Waals surface area contributed by atoms with Crippen molar-refractivity contribution in [1.29, 1.82) is 0 Å². The number of hydrogen-bond acceptors (Lipinski definition) is 4. The van der Waals surface area contributed by atoms with Crippen LogP contribution in [0.1, 0.15) is 24.7 Å². The molecule has 100 valence electrons. The molecule has 0 amide bonds. The molecule has 4 nitrogen and oxygen atoms in total. The van der Waals surface area contributed by atoms with Gasteiger partial charge in [0.25, 0.3) is 0 Å². The number of nitrogens with zero attached hydrogens (tertiary/aromatic N) is 2. The third-order valence-corrected chi connectivity index (χ3v) is 3.10. The van der Waals surface area contributed by atoms with Gasteiger partial charge < -0.3 is 10.5 Å². The summed E-state index contributed by atoms with van der Waals surface area (Å²) in [6.07, 6.45) is 1.76. The summed E-state index contributed by atoms with van der Waals surface area (Å²) in [7, 11) is 0. The first-order chi connectivity index (χ1) is 9.08. The van der Waals surface area contributed by atoms with Gasteiger partial charge in [0, 0.05) is 17.0 Å². The second-order valence-electron chi connectivity index (χ2n) is 4.31. The van der Waals surface area contributed by atoms with E-state index in [1.54, 1.807) is 6.07 Å². The fourth-order valence-corrected chi connectivity index (χ4v) is 2.02. The number of benzene rings is 1. The second kappa shape index (κ2) is 6.02. The zero-order valence-electron chi connectivity index (χ0n) is 11.0. The Morgan fingerprint density at radius 1 is 1.26 bits per heavy atom. The molecule has 5 heteroatoms. The van der Waals surface area contributed by atoms with Gasteiger partial charge in [-0.1, -0.05) is 28.9 Å². The summed E-state index contributed by atoms with van der Waals surface area (Å²) < 4.78 is 6.76. The van der Waals surface area contributed by atoms with Crippen LogP contribution >= 0.6 is 15.9 Å². The molecular formula is C14H16BrN3O. The van der Waals surface area contributed by atoms with Gasteiger partial charge in [0.1, 0.15) is 17.4 Å². The van der Waals surface area contributed by atoms with Crippen molar-refractivity contribution in [2.45, 2.75) is 26.7 Å². The standard InChI is InChI=1S/C14H16BrN3O/c1-3-4-13-17-12(16)8-14(18-13)19-11-7-10(15)6-5-9(11)2/h5-8H,3-4H2,1-2H3,(H2,16,17,18). The molecule has 1 heterocycles. The summed E-state index contributed by atoms with van der Waals surface area (Å²) in [5.74, 6) is 2.39. The fraction of sp³-hybridized carbons (Fsp3) is 0.286. The predicted molar refractivity (Wildman–Crippen MR) is 79.4 cm³/mol. The van der Waals surface area contributed by atoms with Crippen molar-refractivity contribution in [2.24, 2.45) is 0 Å². The molecule has 0 saturated heterocycles. The molecule has 1 aromatic heterocycles. The van der Waals surface area contributed by atoms with E-state index in [9.17, 15) is 0 Å². The van der Waals surface area contributed by atoms with Crippen molar-refractivity contribution in [3.8, 4) is 11.6 Å². The minimum Gasteiger partial charge on any atom is -0.439 e. The van der Waals surface area contributed by atoms with Crippen molar-refractivity contribution in [2.75, 3.05) is 5.73 Å². The average Bonchev–Trinajstić information content (AvgIpc) is 2.33. The Balaban J connectivity index is 2.29. The van der Waals surface area contributed by atoms with Crippen LogP contribution in [-0.2, 0) is 6.42 Å². The summed E-state index contributed by atoms with van der Waals surface area (Å²) in [6, 6.07) is 7.50. The SMILES string of the molecule is CCCc1nc(N)cc(Oc2cc(Br)ccc2C)n1. The maximum Gasteiger partial charge on any atom is 0.224 e. The normalized spacial score (nSPS) is 10.5. The highest BCUT2D eigenvalue weighted by molar-refractivity contribution is 9.10. The lowest BCUT2D eigenvalue weighted by Crippen LogP contribution is -2.01. The molecule has 2 N–H and O–H groups in total. The first-order valence-electron chi connectivity index (χ1n) is 6.16. The van der Waals surface area contributed by atoms with Crippen LogP contribution in [0.5, 0.6) is 11.6 Å². The average molecular weight is 322 g/mol. The van der Waals surface area contributed by atoms with Gasteiger partial charge in [-0.3, -0.25) is 0 Å². The molecule has 2 rings (SSSR count). The first-order valence-corrected chi connectivity index (χ1v) is 6.95. The maximum atomic E-state index is 5.80. The van der Waals surface area contributed by atoms with Crippen LogP contribution in [0.4, 0.5) is 5.82 Å². The highest BCUT2D eigenvalue weighted by Gasteiger charge is 2.07. The summed E-state index contributed by atoms with van der Waals surface area (Å²) in [5, 5.41) is 0. The quantitative estimate of drug-likeness (QED) is 0.928. The van der Waals surface area contributed by atoms with Gasteiger partial charge in [0.05, 0.1) is 0 Å². The number of aromatic nitrogens is 2. The minimum absolute atomic E-state index is 0.432. The summed E-state index contributed by atoms with van der Waals surface area (Å²) in [4.78, 5) is 8.54. The van der Waals surface area contributed by atoms with Crippen molar-refractivity contribution in [3.05, 3.63) is 40.1 Å². The van der Waals surface area contributed by atoms with E-state index >= 15 is 0 Å². The molecule has 0 aliphatic rings. The van der Waals surface area contributed by atoms with Crippen LogP contribution in [0.15, 0.2) is 28.7 Å². The molecule has 1 aromatic carbocycles. The van der Waals surface area contributed by atoms with E-state index in [1.165, 1.54) is 0 Å². The largest absolute Gasteiger partial charge is 0.439 e. The van der Waals surface area contributed by atoms with E-state index in [2.05, 4.69) is 32.8 Å². The molecule has 0 aliphatic carbocycles. The van der Waals surface area contributed by atoms with Crippen LogP contribution in [0.3, 0.4) is 0 Å². The number of nitrogen functional groups attached to an aromatic ring is 1. The molecule has 0 saturated carbocycles. The highest BCUT2D eigenvalue weighted by atomic mass is 79.9. The van der Waals surface area contributed by atoms with Gasteiger partial charge in [-0.25, -0.2) is 4.98 Å². The molecule has 19 heavy (non-hydrogen) atoms. The Bertz CT molecular complexity index is 587. The van der Waals surface area contributed by atoms with Crippen LogP contribution in [0.25, 0.3) is 0 Å². The smallest absolute Gasteiger partial charge is 0.224 e. The summed E-state index contributed by atoms with van der Waals surface area (Å²) in [5.41, 5.74) is 6.81. The van der Waals surface area contributed by atoms with E-state index in [1.807, 2.05) is 25.1 Å². The lowest BCUT2D eigenvalue weighted by atomic mass is 10.2. The first kappa shape index (κ1) is 13.8. The van der Waals surface area contributed by atoms with E-state index in [4.69, 9.17) is 10.5 Å². The lowest BCUT2D eigenvalue weighted by Gasteiger charge is -2.09. The number of nitrogens with two attached hydrogens (primary N) is 1. The number of rotatable bonds is 4. The van der Waals surface area contributed by atoms with E-state index < -0.39 is 0 Å². The Hall–Kier alpha value is -1.62. The Morgan fingerprint density at radius 2 is 2.05 bits per heavy atom. The highest BCUT2D eigenvalue weighted by Crippen LogP contribution is 2.27. The van der Waals surface area contributed by atoms with Gasteiger partial charge in [0.2, 0.25) is 5.88 Å². The third-order valence-electron chi connectivity index (χ3n) is 2.61. The predicted octanol–water partition coefficient (Wildman–Crippen LogP) is 3.87. The second-order valence-corrected chi connectivity index (χ2v) is 5.22. The van der Waals surface area contributed by atoms with E-state index in [0.29, 0.717) is 17.5 Å². The topological polar surface area (TPSA) is 61.0 Å². The number of ether oxygens (including phenoxy) is 1. The zero-order valence-corrected chi connectivity index (χ0v) is 12.6. The maximum absolute atomic E-state index is 5.80. The van der Waals surface area contributed by atoms with Gasteiger partial charge in [0.15, 0.2) is 0 Å². The van der Waals surface area contributed by atoms with Crippen LogP contribution < -0.4 is 10.5 Å². The van der Waals surface area contributed by atoms with Gasteiger partial charge in [-0.05, 0) is 31.0 Å². The van der Waals surface area contributed by atoms with Crippen molar-refractivity contribution < 1.29 is 4.74 Å². The Morgan fingerprint density at radius 3 is 2.79 bits per heavy atom. The number of aryl methyl sites for hydroxylation is 2. The molecular weight excluding hydrogens is 306 g/mol. The molecule has 0 atom stereocenters. The van der Waals surface area contributed by atoms with Crippen LogP contribution in [0.2, 0.25) is 0 Å². The lowest BCUT2D eigenvalue weighted by molar-refractivity contribution is 0.455. The molecule has 0 bridgehead atoms. The van der Waals surface area contributed by atoms with Crippen LogP contribution in [-0.4, -0.2) is 9.97 Å². The number of halogens is 1. The molecule has 0 unspecified atom stereocenters. The minimum atomic E-state index is 0.432. The number of hydrogen-bond donors (Lipinski definition) is 1. The molecule has 2 aromatic rings. The van der Waals surface area contributed by atoms with Gasteiger partial charge in [-0.2, -0.15) is 4.98 Å². The van der Waals surface area contributed by atoms with Crippen molar-refractivity contribution in [3.63, 3.8) is 0 Å². The third kappa shape index (κ3) is 3.67. The molecule has 0 spiro atoms. The number of anilines is 1. The van der Waals surface area contributed by atoms with Crippen molar-refractivity contribution >= 4 is 21.7 Å². The molecule has 0 aliphatic heterocycles. The fourth-order valence-electron chi connectivity index (χ4n) is 1.68. The van der Waals surface area contributed by atoms with Crippen LogP contribution in [0, 0.1) is 6.92 Å². The summed E-state index contributed by atoms with van der Waals surface area (Å²) >= 11 is 3.43. The van der Waals surface area contributed by atoms with E-state index in [-0.39, 0.29) is 0 Å². The zero-order chi connectivity index (χ0) is 13.8. The summed E-state index contributed by atoms with van der Waals surface area (Å²) in [6.45, 7) is 4.06. The molecule has 0 radical (unpaired) electrons.